The number of likely N-dealkylation sites (N-methyl/N-ethyl adjacent to an activating group) is 1. The maximum atomic E-state index is 12.7. The fourth-order valence-corrected chi connectivity index (χ4v) is 5.92. The van der Waals surface area contributed by atoms with Gasteiger partial charge in [0.2, 0.25) is 0 Å². The number of allylic oxidation sites excluding steroid dienone is 12. The van der Waals surface area contributed by atoms with Crippen LogP contribution in [0.2, 0.25) is 0 Å². The van der Waals surface area contributed by atoms with E-state index in [1.807, 2.05) is 0 Å². The van der Waals surface area contributed by atoms with Crippen LogP contribution in [0.15, 0.2) is 72.9 Å². The highest BCUT2D eigenvalue weighted by atomic mass is 16.6. The van der Waals surface area contributed by atoms with Crippen LogP contribution in [0, 0.1) is 0 Å². The molecule has 2 unspecified atom stereocenters. The molecule has 0 aromatic carbocycles. The standard InChI is InChI=1S/C48H81NO7/c1-6-8-10-12-14-16-18-20-22-23-25-26-28-30-32-34-36-38-46(50)55-43-44(42-54-41-40-45(48(52)53)49(3,4)5)56-47(51)39-37-35-33-31-29-27-24-21-19-17-15-13-11-9-7-2/h8,10,14,16-17,19-20,22,25-26,30,32,44-45H,6-7,9,11-13,15,18,21,23-24,27-29,31,33-43H2,1-5H3/b10-8+,16-14+,19-17+,22-20+,26-25+,32-30+. The predicted octanol–water partition coefficient (Wildman–Crippen LogP) is 10.6. The van der Waals surface area contributed by atoms with Gasteiger partial charge in [0.15, 0.2) is 6.10 Å². The number of carboxylic acid groups (broad SMARTS) is 1. The second-order valence-corrected chi connectivity index (χ2v) is 15.5. The lowest BCUT2D eigenvalue weighted by atomic mass is 10.1. The minimum Gasteiger partial charge on any atom is -0.544 e. The van der Waals surface area contributed by atoms with E-state index in [-0.39, 0.29) is 49.1 Å². The van der Waals surface area contributed by atoms with Gasteiger partial charge < -0.3 is 28.6 Å². The Balaban J connectivity index is 4.46. The number of ether oxygens (including phenoxy) is 3. The molecule has 0 rings (SSSR count). The van der Waals surface area contributed by atoms with Crippen molar-refractivity contribution in [3.05, 3.63) is 72.9 Å². The van der Waals surface area contributed by atoms with Crippen molar-refractivity contribution in [2.75, 3.05) is 41.0 Å². The summed E-state index contributed by atoms with van der Waals surface area (Å²) in [6.07, 6.45) is 47.9. The van der Waals surface area contributed by atoms with E-state index in [1.54, 1.807) is 21.1 Å². The number of aliphatic carboxylic acids is 1. The third-order valence-electron chi connectivity index (χ3n) is 9.33. The van der Waals surface area contributed by atoms with Gasteiger partial charge in [-0.3, -0.25) is 9.59 Å². The van der Waals surface area contributed by atoms with Crippen molar-refractivity contribution in [3.63, 3.8) is 0 Å². The minimum absolute atomic E-state index is 0.0179. The lowest BCUT2D eigenvalue weighted by Crippen LogP contribution is -2.55. The van der Waals surface area contributed by atoms with Crippen LogP contribution in [0.5, 0.6) is 0 Å². The number of quaternary nitrogens is 1. The summed E-state index contributed by atoms with van der Waals surface area (Å²) in [6.45, 7) is 4.46. The first-order valence-electron chi connectivity index (χ1n) is 22.0. The first-order valence-corrected chi connectivity index (χ1v) is 22.0. The average molecular weight is 784 g/mol. The number of unbranched alkanes of at least 4 members (excludes halogenated alkanes) is 12. The zero-order chi connectivity index (χ0) is 41.4. The number of carbonyl (C=O) groups excluding carboxylic acids is 3. The summed E-state index contributed by atoms with van der Waals surface area (Å²) < 4.78 is 17.1. The number of carboxylic acids is 1. The SMILES string of the molecule is CC/C=C/C/C=C/C/C=C/C/C=C/C/C=C/CCCC(=O)OCC(COCCC(C(=O)[O-])[N+](C)(C)C)OC(=O)CCCCCCCCC/C=C/CCCCCC. The van der Waals surface area contributed by atoms with Crippen LogP contribution in [-0.2, 0) is 28.6 Å². The molecule has 8 heteroatoms. The molecule has 2 atom stereocenters. The van der Waals surface area contributed by atoms with Crippen LogP contribution in [0.25, 0.3) is 0 Å². The van der Waals surface area contributed by atoms with Crippen molar-refractivity contribution in [2.45, 2.75) is 174 Å². The van der Waals surface area contributed by atoms with Gasteiger partial charge in [-0.05, 0) is 77.0 Å². The molecule has 0 bridgehead atoms. The highest BCUT2D eigenvalue weighted by Gasteiger charge is 2.25. The van der Waals surface area contributed by atoms with E-state index in [2.05, 4.69) is 86.8 Å². The number of hydrogen-bond acceptors (Lipinski definition) is 7. The van der Waals surface area contributed by atoms with Crippen LogP contribution >= 0.6 is 0 Å². The summed E-state index contributed by atoms with van der Waals surface area (Å²) in [7, 11) is 5.38. The first kappa shape index (κ1) is 52.8. The van der Waals surface area contributed by atoms with Crippen molar-refractivity contribution in [1.29, 1.82) is 0 Å². The number of esters is 2. The molecule has 8 nitrogen and oxygen atoms in total. The number of nitrogens with zero attached hydrogens (tertiary/aromatic N) is 1. The van der Waals surface area contributed by atoms with Gasteiger partial charge in [-0.15, -0.1) is 0 Å². The third kappa shape index (κ3) is 36.4. The summed E-state index contributed by atoms with van der Waals surface area (Å²) in [5, 5.41) is 11.6. The van der Waals surface area contributed by atoms with Crippen molar-refractivity contribution in [1.82, 2.24) is 0 Å². The van der Waals surface area contributed by atoms with Gasteiger partial charge in [0.1, 0.15) is 12.6 Å². The van der Waals surface area contributed by atoms with Crippen molar-refractivity contribution >= 4 is 17.9 Å². The summed E-state index contributed by atoms with van der Waals surface area (Å²) in [4.78, 5) is 36.8. The smallest absolute Gasteiger partial charge is 0.306 e. The minimum atomic E-state index is -1.14. The Morgan fingerprint density at radius 2 is 1.02 bits per heavy atom. The van der Waals surface area contributed by atoms with Gasteiger partial charge in [-0.1, -0.05) is 138 Å². The van der Waals surface area contributed by atoms with E-state index in [1.165, 1.54) is 57.8 Å². The molecule has 0 N–H and O–H groups in total. The monoisotopic (exact) mass is 784 g/mol. The third-order valence-corrected chi connectivity index (χ3v) is 9.33. The number of hydrogen-bond donors (Lipinski definition) is 0. The molecule has 0 aromatic heterocycles. The molecule has 0 aliphatic heterocycles. The lowest BCUT2D eigenvalue weighted by molar-refractivity contribution is -0.889. The van der Waals surface area contributed by atoms with Crippen LogP contribution in [0.4, 0.5) is 0 Å². The topological polar surface area (TPSA) is 102 Å². The molecular weight excluding hydrogens is 703 g/mol. The fraction of sp³-hybridized carbons (Fsp3) is 0.688. The molecule has 0 saturated heterocycles. The van der Waals surface area contributed by atoms with E-state index in [0.29, 0.717) is 12.8 Å². The van der Waals surface area contributed by atoms with Crippen molar-refractivity contribution in [3.8, 4) is 0 Å². The Morgan fingerprint density at radius 3 is 1.55 bits per heavy atom. The molecule has 0 amide bonds. The van der Waals surface area contributed by atoms with E-state index in [9.17, 15) is 19.5 Å². The zero-order valence-electron chi connectivity index (χ0n) is 36.3. The molecule has 0 spiro atoms. The van der Waals surface area contributed by atoms with Gasteiger partial charge in [0, 0.05) is 19.3 Å². The van der Waals surface area contributed by atoms with Gasteiger partial charge in [-0.2, -0.15) is 0 Å². The van der Waals surface area contributed by atoms with Crippen molar-refractivity contribution < 1.29 is 38.2 Å². The Kier molecular flexibility index (Phi) is 36.4. The lowest BCUT2D eigenvalue weighted by Gasteiger charge is -2.34. The maximum Gasteiger partial charge on any atom is 0.306 e. The van der Waals surface area contributed by atoms with Gasteiger partial charge in [0.25, 0.3) is 0 Å². The molecule has 0 aliphatic carbocycles. The summed E-state index contributed by atoms with van der Waals surface area (Å²) in [5.41, 5.74) is 0. The molecule has 0 radical (unpaired) electrons. The van der Waals surface area contributed by atoms with E-state index in [4.69, 9.17) is 14.2 Å². The van der Waals surface area contributed by atoms with Crippen LogP contribution < -0.4 is 5.11 Å². The number of carbonyl (C=O) groups is 3. The van der Waals surface area contributed by atoms with Crippen molar-refractivity contribution in [2.24, 2.45) is 0 Å². The Hall–Kier alpha value is -3.23. The zero-order valence-corrected chi connectivity index (χ0v) is 36.3. The Morgan fingerprint density at radius 1 is 0.554 bits per heavy atom. The quantitative estimate of drug-likeness (QED) is 0.0266. The molecule has 0 saturated carbocycles. The maximum absolute atomic E-state index is 12.7. The molecular formula is C48H81NO7. The number of rotatable bonds is 38. The van der Waals surface area contributed by atoms with Crippen LogP contribution in [-0.4, -0.2) is 75.5 Å². The first-order chi connectivity index (χ1) is 27.1. The predicted molar refractivity (Wildman–Crippen MR) is 231 cm³/mol. The van der Waals surface area contributed by atoms with Gasteiger partial charge in [0.05, 0.1) is 40.3 Å². The Bertz CT molecular complexity index is 1140. The molecule has 0 aliphatic rings. The second-order valence-electron chi connectivity index (χ2n) is 15.5. The van der Waals surface area contributed by atoms with E-state index < -0.39 is 18.1 Å². The molecule has 0 fully saturated rings. The molecule has 320 valence electrons. The van der Waals surface area contributed by atoms with Crippen LogP contribution in [0.1, 0.15) is 162 Å². The summed E-state index contributed by atoms with van der Waals surface area (Å²) in [5.74, 6) is -1.82. The van der Waals surface area contributed by atoms with E-state index >= 15 is 0 Å². The summed E-state index contributed by atoms with van der Waals surface area (Å²) >= 11 is 0. The highest BCUT2D eigenvalue weighted by Crippen LogP contribution is 2.13. The molecule has 0 heterocycles. The molecule has 56 heavy (non-hydrogen) atoms. The van der Waals surface area contributed by atoms with Gasteiger partial charge in [-0.25, -0.2) is 0 Å². The molecule has 0 aromatic rings. The second kappa shape index (κ2) is 38.6. The van der Waals surface area contributed by atoms with E-state index in [0.717, 1.165) is 64.2 Å². The van der Waals surface area contributed by atoms with Crippen LogP contribution in [0.3, 0.4) is 0 Å². The fourth-order valence-electron chi connectivity index (χ4n) is 5.92. The normalized spacial score (nSPS) is 13.7. The summed E-state index contributed by atoms with van der Waals surface area (Å²) in [6, 6.07) is -0.737. The Labute approximate surface area is 342 Å². The largest absolute Gasteiger partial charge is 0.544 e. The van der Waals surface area contributed by atoms with Gasteiger partial charge >= 0.3 is 11.9 Å². The highest BCUT2D eigenvalue weighted by molar-refractivity contribution is 5.70. The average Bonchev–Trinajstić information content (AvgIpc) is 3.15.